The number of aromatic nitrogens is 2. The van der Waals surface area contributed by atoms with Gasteiger partial charge in [-0.1, -0.05) is 0 Å². The van der Waals surface area contributed by atoms with Gasteiger partial charge in [0.1, 0.15) is 5.82 Å². The molecule has 0 radical (unpaired) electrons. The summed E-state index contributed by atoms with van der Waals surface area (Å²) >= 11 is 0. The molecule has 5 nitrogen and oxygen atoms in total. The fraction of sp³-hybridized carbons (Fsp3) is 0.556. The number of nitrogens with one attached hydrogen (secondary N) is 1. The van der Waals surface area contributed by atoms with E-state index >= 15 is 0 Å². The number of ether oxygens (including phenoxy) is 1. The monoisotopic (exact) mass is 196 g/mol. The molecule has 14 heavy (non-hydrogen) atoms. The molecule has 0 aliphatic carbocycles. The van der Waals surface area contributed by atoms with Gasteiger partial charge in [0, 0.05) is 12.7 Å². The molecule has 0 spiro atoms. The van der Waals surface area contributed by atoms with Gasteiger partial charge in [0.25, 0.3) is 0 Å². The Hall–Kier alpha value is -1.36. The van der Waals surface area contributed by atoms with E-state index in [0.717, 1.165) is 0 Å². The Bertz CT molecular complexity index is 277. The van der Waals surface area contributed by atoms with E-state index in [-0.39, 0.29) is 6.10 Å². The van der Waals surface area contributed by atoms with Gasteiger partial charge in [-0.25, -0.2) is 4.98 Å². The van der Waals surface area contributed by atoms with Crippen LogP contribution in [0.1, 0.15) is 13.8 Å². The highest BCUT2D eigenvalue weighted by Gasteiger charge is 1.96. The standard InChI is InChI=1S/C9H16N4O/c1-7(2)14-6-5-12-9-11-4-3-8(10)13-9/h3-4,7H,5-6H2,1-2H3,(H3,10,11,12,13). The molecule has 1 heterocycles. The van der Waals surface area contributed by atoms with Crippen LogP contribution in [0.15, 0.2) is 12.3 Å². The van der Waals surface area contributed by atoms with Crippen LogP contribution in [0.3, 0.4) is 0 Å². The van der Waals surface area contributed by atoms with E-state index in [1.807, 2.05) is 13.8 Å². The summed E-state index contributed by atoms with van der Waals surface area (Å²) in [5, 5.41) is 3.01. The zero-order valence-corrected chi connectivity index (χ0v) is 8.53. The van der Waals surface area contributed by atoms with E-state index in [0.29, 0.717) is 24.9 Å². The van der Waals surface area contributed by atoms with Crippen LogP contribution in [0.5, 0.6) is 0 Å². The summed E-state index contributed by atoms with van der Waals surface area (Å²) in [5.41, 5.74) is 5.49. The molecule has 0 saturated carbocycles. The number of nitrogens with zero attached hydrogens (tertiary/aromatic N) is 2. The number of nitrogens with two attached hydrogens (primary N) is 1. The zero-order chi connectivity index (χ0) is 10.4. The molecule has 0 bridgehead atoms. The van der Waals surface area contributed by atoms with Crippen molar-refractivity contribution in [2.45, 2.75) is 20.0 Å². The minimum absolute atomic E-state index is 0.249. The van der Waals surface area contributed by atoms with Gasteiger partial charge in [0.05, 0.1) is 12.7 Å². The predicted octanol–water partition coefficient (Wildman–Crippen LogP) is 0.896. The number of hydrogen-bond acceptors (Lipinski definition) is 5. The van der Waals surface area contributed by atoms with Crippen molar-refractivity contribution in [3.63, 3.8) is 0 Å². The van der Waals surface area contributed by atoms with Crippen molar-refractivity contribution >= 4 is 11.8 Å². The fourth-order valence-corrected chi connectivity index (χ4v) is 0.915. The van der Waals surface area contributed by atoms with Crippen molar-refractivity contribution in [1.82, 2.24) is 9.97 Å². The second kappa shape index (κ2) is 5.39. The molecule has 1 aromatic heterocycles. The third kappa shape index (κ3) is 4.04. The van der Waals surface area contributed by atoms with Crippen molar-refractivity contribution in [2.75, 3.05) is 24.2 Å². The Kier molecular flexibility index (Phi) is 4.12. The normalized spacial score (nSPS) is 10.5. The first kappa shape index (κ1) is 10.7. The van der Waals surface area contributed by atoms with E-state index in [2.05, 4.69) is 15.3 Å². The Morgan fingerprint density at radius 1 is 1.57 bits per heavy atom. The van der Waals surface area contributed by atoms with Gasteiger partial charge in [-0.15, -0.1) is 0 Å². The van der Waals surface area contributed by atoms with Gasteiger partial charge in [-0.2, -0.15) is 4.98 Å². The summed E-state index contributed by atoms with van der Waals surface area (Å²) in [7, 11) is 0. The number of hydrogen-bond donors (Lipinski definition) is 2. The van der Waals surface area contributed by atoms with Gasteiger partial charge in [0.15, 0.2) is 0 Å². The maximum absolute atomic E-state index is 5.49. The lowest BCUT2D eigenvalue weighted by molar-refractivity contribution is 0.0870. The molecule has 78 valence electrons. The molecule has 0 aromatic carbocycles. The Labute approximate surface area is 83.7 Å². The highest BCUT2D eigenvalue weighted by atomic mass is 16.5. The topological polar surface area (TPSA) is 73.1 Å². The summed E-state index contributed by atoms with van der Waals surface area (Å²) in [5.74, 6) is 1.00. The lowest BCUT2D eigenvalue weighted by atomic mass is 10.5. The first-order valence-electron chi connectivity index (χ1n) is 4.62. The van der Waals surface area contributed by atoms with E-state index in [1.165, 1.54) is 0 Å². The smallest absolute Gasteiger partial charge is 0.224 e. The molecule has 3 N–H and O–H groups in total. The highest BCUT2D eigenvalue weighted by Crippen LogP contribution is 2.00. The number of nitrogen functional groups attached to an aromatic ring is 1. The lowest BCUT2D eigenvalue weighted by Crippen LogP contribution is -2.14. The first-order chi connectivity index (χ1) is 6.68. The van der Waals surface area contributed by atoms with E-state index < -0.39 is 0 Å². The van der Waals surface area contributed by atoms with E-state index in [1.54, 1.807) is 12.3 Å². The van der Waals surface area contributed by atoms with Crippen molar-refractivity contribution in [3.8, 4) is 0 Å². The molecule has 0 atom stereocenters. The molecule has 0 fully saturated rings. The van der Waals surface area contributed by atoms with Gasteiger partial charge in [-0.05, 0) is 19.9 Å². The first-order valence-corrected chi connectivity index (χ1v) is 4.62. The van der Waals surface area contributed by atoms with Crippen molar-refractivity contribution in [1.29, 1.82) is 0 Å². The molecular formula is C9H16N4O. The number of rotatable bonds is 5. The summed E-state index contributed by atoms with van der Waals surface area (Å²) in [6.45, 7) is 5.31. The van der Waals surface area contributed by atoms with E-state index in [9.17, 15) is 0 Å². The zero-order valence-electron chi connectivity index (χ0n) is 8.53. The second-order valence-electron chi connectivity index (χ2n) is 3.15. The quantitative estimate of drug-likeness (QED) is 0.684. The molecule has 1 rings (SSSR count). The predicted molar refractivity (Wildman–Crippen MR) is 56.0 cm³/mol. The molecule has 1 aromatic rings. The summed E-state index contributed by atoms with van der Waals surface area (Å²) < 4.78 is 5.34. The Balaban J connectivity index is 2.25. The van der Waals surface area contributed by atoms with Gasteiger partial charge in [0.2, 0.25) is 5.95 Å². The molecule has 0 aliphatic rings. The summed E-state index contributed by atoms with van der Waals surface area (Å²) in [6, 6.07) is 1.65. The van der Waals surface area contributed by atoms with Gasteiger partial charge in [-0.3, -0.25) is 0 Å². The molecule has 0 aliphatic heterocycles. The lowest BCUT2D eigenvalue weighted by Gasteiger charge is -2.08. The molecule has 5 heteroatoms. The molecular weight excluding hydrogens is 180 g/mol. The largest absolute Gasteiger partial charge is 0.384 e. The highest BCUT2D eigenvalue weighted by molar-refractivity contribution is 5.34. The van der Waals surface area contributed by atoms with Crippen molar-refractivity contribution in [2.24, 2.45) is 0 Å². The minimum Gasteiger partial charge on any atom is -0.384 e. The average molecular weight is 196 g/mol. The van der Waals surface area contributed by atoms with Crippen LogP contribution in [0, 0.1) is 0 Å². The van der Waals surface area contributed by atoms with Gasteiger partial charge >= 0.3 is 0 Å². The maximum atomic E-state index is 5.49. The van der Waals surface area contributed by atoms with Crippen LogP contribution in [-0.2, 0) is 4.74 Å². The van der Waals surface area contributed by atoms with Crippen LogP contribution >= 0.6 is 0 Å². The molecule has 0 saturated heterocycles. The van der Waals surface area contributed by atoms with E-state index in [4.69, 9.17) is 10.5 Å². The third-order valence-electron chi connectivity index (χ3n) is 1.51. The van der Waals surface area contributed by atoms with Crippen LogP contribution in [0.25, 0.3) is 0 Å². The molecule has 0 unspecified atom stereocenters. The summed E-state index contributed by atoms with van der Waals surface area (Å²) in [4.78, 5) is 7.99. The minimum atomic E-state index is 0.249. The third-order valence-corrected chi connectivity index (χ3v) is 1.51. The fourth-order valence-electron chi connectivity index (χ4n) is 0.915. The number of anilines is 2. The average Bonchev–Trinajstić information content (AvgIpc) is 2.12. The van der Waals surface area contributed by atoms with Crippen molar-refractivity contribution in [3.05, 3.63) is 12.3 Å². The Morgan fingerprint density at radius 2 is 2.36 bits per heavy atom. The van der Waals surface area contributed by atoms with Gasteiger partial charge < -0.3 is 15.8 Å². The van der Waals surface area contributed by atoms with Crippen molar-refractivity contribution < 1.29 is 4.74 Å². The van der Waals surface area contributed by atoms with Crippen LogP contribution in [0.4, 0.5) is 11.8 Å². The SMILES string of the molecule is CC(C)OCCNc1nccc(N)n1. The van der Waals surface area contributed by atoms with Crippen LogP contribution < -0.4 is 11.1 Å². The molecule has 0 amide bonds. The van der Waals surface area contributed by atoms with Crippen LogP contribution in [0.2, 0.25) is 0 Å². The Morgan fingerprint density at radius 3 is 3.00 bits per heavy atom. The maximum Gasteiger partial charge on any atom is 0.224 e. The summed E-state index contributed by atoms with van der Waals surface area (Å²) in [6.07, 6.45) is 1.87. The van der Waals surface area contributed by atoms with Crippen LogP contribution in [-0.4, -0.2) is 29.2 Å². The second-order valence-corrected chi connectivity index (χ2v) is 3.15.